The molecular weight excluding hydrogens is 300 g/mol. The second-order valence-corrected chi connectivity index (χ2v) is 4.92. The first-order chi connectivity index (χ1) is 11.0. The standard InChI is InChI=1S/C17H12O6/c18-13-6-2-9(7-14(13)19)1-4-11-8-10-3-5-12(17(21)22)15(20)16(10)23-11/h1-8,18-20H,(H,21,22)/b4-1+. The summed E-state index contributed by atoms with van der Waals surface area (Å²) in [6.45, 7) is 0. The first-order valence-corrected chi connectivity index (χ1v) is 6.64. The maximum Gasteiger partial charge on any atom is 0.339 e. The van der Waals surface area contributed by atoms with Crippen LogP contribution in [0.2, 0.25) is 0 Å². The summed E-state index contributed by atoms with van der Waals surface area (Å²) >= 11 is 0. The number of carboxylic acid groups (broad SMARTS) is 1. The number of phenolic OH excluding ortho intramolecular Hbond substituents is 2. The van der Waals surface area contributed by atoms with Crippen LogP contribution in [0.25, 0.3) is 23.1 Å². The van der Waals surface area contributed by atoms with Gasteiger partial charge in [-0.1, -0.05) is 12.1 Å². The van der Waals surface area contributed by atoms with Crippen LogP contribution < -0.4 is 0 Å². The van der Waals surface area contributed by atoms with E-state index in [0.717, 1.165) is 0 Å². The van der Waals surface area contributed by atoms with Gasteiger partial charge in [-0.25, -0.2) is 4.79 Å². The molecule has 0 aliphatic rings. The molecule has 6 nitrogen and oxygen atoms in total. The Morgan fingerprint density at radius 2 is 1.74 bits per heavy atom. The number of phenols is 3. The van der Waals surface area contributed by atoms with Crippen LogP contribution in [0, 0.1) is 0 Å². The van der Waals surface area contributed by atoms with Crippen LogP contribution in [0.15, 0.2) is 40.8 Å². The van der Waals surface area contributed by atoms with Crippen molar-refractivity contribution in [1.82, 2.24) is 0 Å². The molecule has 3 rings (SSSR count). The molecule has 0 spiro atoms. The third-order valence-corrected chi connectivity index (χ3v) is 3.35. The Hall–Kier alpha value is -3.41. The van der Waals surface area contributed by atoms with Gasteiger partial charge in [0.2, 0.25) is 0 Å². The number of furan rings is 1. The van der Waals surface area contributed by atoms with Gasteiger partial charge in [-0.3, -0.25) is 0 Å². The fourth-order valence-electron chi connectivity index (χ4n) is 2.19. The van der Waals surface area contributed by atoms with E-state index >= 15 is 0 Å². The molecule has 0 bridgehead atoms. The van der Waals surface area contributed by atoms with Crippen molar-refractivity contribution in [3.8, 4) is 17.2 Å². The quantitative estimate of drug-likeness (QED) is 0.551. The average molecular weight is 312 g/mol. The zero-order valence-electron chi connectivity index (χ0n) is 11.7. The van der Waals surface area contributed by atoms with Crippen LogP contribution >= 0.6 is 0 Å². The van der Waals surface area contributed by atoms with Crippen LogP contribution in [0.5, 0.6) is 17.2 Å². The van der Waals surface area contributed by atoms with Crippen molar-refractivity contribution in [3.05, 3.63) is 53.3 Å². The van der Waals surface area contributed by atoms with E-state index in [9.17, 15) is 20.1 Å². The number of hydrogen-bond donors (Lipinski definition) is 4. The highest BCUT2D eigenvalue weighted by atomic mass is 16.4. The fourth-order valence-corrected chi connectivity index (χ4v) is 2.19. The lowest BCUT2D eigenvalue weighted by Gasteiger charge is -1.98. The summed E-state index contributed by atoms with van der Waals surface area (Å²) in [7, 11) is 0. The van der Waals surface area contributed by atoms with E-state index < -0.39 is 11.7 Å². The van der Waals surface area contributed by atoms with Crippen LogP contribution in [-0.2, 0) is 0 Å². The molecule has 4 N–H and O–H groups in total. The Balaban J connectivity index is 1.97. The summed E-state index contributed by atoms with van der Waals surface area (Å²) in [5.41, 5.74) is 0.500. The number of hydrogen-bond acceptors (Lipinski definition) is 5. The van der Waals surface area contributed by atoms with Crippen LogP contribution in [-0.4, -0.2) is 26.4 Å². The molecule has 116 valence electrons. The Morgan fingerprint density at radius 1 is 0.957 bits per heavy atom. The molecule has 0 saturated heterocycles. The number of fused-ring (bicyclic) bond motifs is 1. The maximum atomic E-state index is 11.0. The summed E-state index contributed by atoms with van der Waals surface area (Å²) in [5.74, 6) is -1.70. The van der Waals surface area contributed by atoms with Gasteiger partial charge in [-0.2, -0.15) is 0 Å². The minimum absolute atomic E-state index is 0.0955. The second kappa shape index (κ2) is 5.42. The molecule has 0 saturated carbocycles. The van der Waals surface area contributed by atoms with Gasteiger partial charge < -0.3 is 24.8 Å². The van der Waals surface area contributed by atoms with E-state index in [1.165, 1.54) is 18.2 Å². The summed E-state index contributed by atoms with van der Waals surface area (Å²) < 4.78 is 5.45. The van der Waals surface area contributed by atoms with Gasteiger partial charge in [0.25, 0.3) is 0 Å². The molecule has 0 unspecified atom stereocenters. The average Bonchev–Trinajstić information content (AvgIpc) is 2.92. The van der Waals surface area contributed by atoms with E-state index in [-0.39, 0.29) is 22.6 Å². The highest BCUT2D eigenvalue weighted by Gasteiger charge is 2.15. The summed E-state index contributed by atoms with van der Waals surface area (Å²) in [5, 5.41) is 38.2. The minimum Gasteiger partial charge on any atom is -0.504 e. The molecule has 1 heterocycles. The first kappa shape index (κ1) is 14.5. The van der Waals surface area contributed by atoms with Crippen molar-refractivity contribution in [3.63, 3.8) is 0 Å². The normalized spacial score (nSPS) is 11.3. The molecule has 2 aromatic carbocycles. The van der Waals surface area contributed by atoms with E-state index in [2.05, 4.69) is 0 Å². The van der Waals surface area contributed by atoms with Gasteiger partial charge in [-0.15, -0.1) is 0 Å². The number of carbonyl (C=O) groups is 1. The number of aromatic carboxylic acids is 1. The predicted molar refractivity (Wildman–Crippen MR) is 83.5 cm³/mol. The van der Waals surface area contributed by atoms with Crippen molar-refractivity contribution in [2.75, 3.05) is 0 Å². The largest absolute Gasteiger partial charge is 0.504 e. The van der Waals surface area contributed by atoms with Crippen molar-refractivity contribution < 1.29 is 29.6 Å². The van der Waals surface area contributed by atoms with Gasteiger partial charge in [0.05, 0.1) is 0 Å². The molecule has 1 aromatic heterocycles. The zero-order chi connectivity index (χ0) is 16.6. The van der Waals surface area contributed by atoms with Crippen LogP contribution in [0.3, 0.4) is 0 Å². The van der Waals surface area contributed by atoms with Crippen molar-refractivity contribution in [2.45, 2.75) is 0 Å². The van der Waals surface area contributed by atoms with Crippen LogP contribution in [0.1, 0.15) is 21.7 Å². The zero-order valence-corrected chi connectivity index (χ0v) is 11.7. The van der Waals surface area contributed by atoms with Gasteiger partial charge in [0.1, 0.15) is 11.3 Å². The molecule has 0 aliphatic heterocycles. The van der Waals surface area contributed by atoms with Gasteiger partial charge in [0.15, 0.2) is 22.8 Å². The third-order valence-electron chi connectivity index (χ3n) is 3.35. The van der Waals surface area contributed by atoms with Gasteiger partial charge in [-0.05, 0) is 42.0 Å². The molecule has 0 atom stereocenters. The predicted octanol–water partition coefficient (Wildman–Crippen LogP) is 3.42. The second-order valence-electron chi connectivity index (χ2n) is 4.92. The topological polar surface area (TPSA) is 111 Å². The van der Waals surface area contributed by atoms with Crippen molar-refractivity contribution >= 4 is 29.1 Å². The number of aromatic hydroxyl groups is 3. The van der Waals surface area contributed by atoms with E-state index in [1.54, 1.807) is 30.4 Å². The van der Waals surface area contributed by atoms with Gasteiger partial charge in [0, 0.05) is 5.39 Å². The molecule has 0 fully saturated rings. The lowest BCUT2D eigenvalue weighted by Crippen LogP contribution is -1.95. The summed E-state index contributed by atoms with van der Waals surface area (Å²) in [6.07, 6.45) is 3.25. The number of carboxylic acids is 1. The Bertz CT molecular complexity index is 936. The molecular formula is C17H12O6. The van der Waals surface area contributed by atoms with Gasteiger partial charge >= 0.3 is 5.97 Å². The number of rotatable bonds is 3. The highest BCUT2D eigenvalue weighted by Crippen LogP contribution is 2.32. The molecule has 0 aliphatic carbocycles. The molecule has 0 radical (unpaired) electrons. The minimum atomic E-state index is -1.24. The molecule has 6 heteroatoms. The molecule has 3 aromatic rings. The maximum absolute atomic E-state index is 11.0. The lowest BCUT2D eigenvalue weighted by molar-refractivity contribution is 0.0694. The Kier molecular flexibility index (Phi) is 3.42. The molecule has 23 heavy (non-hydrogen) atoms. The van der Waals surface area contributed by atoms with E-state index in [0.29, 0.717) is 16.7 Å². The SMILES string of the molecule is O=C(O)c1ccc2cc(/C=C/c3ccc(O)c(O)c3)oc2c1O. The smallest absolute Gasteiger partial charge is 0.339 e. The molecule has 0 amide bonds. The van der Waals surface area contributed by atoms with Crippen molar-refractivity contribution in [1.29, 1.82) is 0 Å². The highest BCUT2D eigenvalue weighted by molar-refractivity contribution is 5.98. The Labute approximate surface area is 130 Å². The number of benzene rings is 2. The summed E-state index contributed by atoms with van der Waals surface area (Å²) in [4.78, 5) is 11.0. The van der Waals surface area contributed by atoms with Crippen LogP contribution in [0.4, 0.5) is 0 Å². The Morgan fingerprint density at radius 3 is 2.43 bits per heavy atom. The van der Waals surface area contributed by atoms with Crippen molar-refractivity contribution in [2.24, 2.45) is 0 Å². The monoisotopic (exact) mass is 312 g/mol. The lowest BCUT2D eigenvalue weighted by atomic mass is 10.1. The third kappa shape index (κ3) is 2.69. The summed E-state index contributed by atoms with van der Waals surface area (Å²) in [6, 6.07) is 8.85. The van der Waals surface area contributed by atoms with E-state index in [4.69, 9.17) is 9.52 Å². The fraction of sp³-hybridized carbons (Fsp3) is 0. The first-order valence-electron chi connectivity index (χ1n) is 6.64. The van der Waals surface area contributed by atoms with E-state index in [1.807, 2.05) is 0 Å².